The number of hydrogen-bond acceptors (Lipinski definition) is 5. The summed E-state index contributed by atoms with van der Waals surface area (Å²) >= 11 is 0. The second-order valence-corrected chi connectivity index (χ2v) is 8.46. The average molecular weight is 402 g/mol. The van der Waals surface area contributed by atoms with E-state index in [0.29, 0.717) is 30.4 Å². The van der Waals surface area contributed by atoms with E-state index in [0.717, 1.165) is 29.6 Å². The Balaban J connectivity index is 1.23. The summed E-state index contributed by atoms with van der Waals surface area (Å²) in [6.45, 7) is 1.40. The molecule has 1 aliphatic heterocycles. The highest BCUT2D eigenvalue weighted by Crippen LogP contribution is 2.42. The van der Waals surface area contributed by atoms with Gasteiger partial charge >= 0.3 is 0 Å². The molecule has 4 aromatic rings. The molecule has 152 valence electrons. The number of aliphatic hydroxyl groups is 1. The van der Waals surface area contributed by atoms with Crippen LogP contribution in [-0.2, 0) is 0 Å². The molecule has 0 radical (unpaired) electrons. The lowest BCUT2D eigenvalue weighted by atomic mass is 9.77. The SMILES string of the molecule is O=C(c1ccc2ncnn2c1)N1C[C@H]2C[C@@H](n3cnc4ccccc43)[C@H](O)C[C@H]2C1. The number of imidazole rings is 1. The zero-order valence-corrected chi connectivity index (χ0v) is 16.4. The first-order valence-electron chi connectivity index (χ1n) is 10.4. The van der Waals surface area contributed by atoms with Gasteiger partial charge in [-0.1, -0.05) is 12.1 Å². The molecule has 2 aliphatic rings. The summed E-state index contributed by atoms with van der Waals surface area (Å²) in [5.74, 6) is 0.713. The Kier molecular flexibility index (Phi) is 3.89. The van der Waals surface area contributed by atoms with E-state index in [1.54, 1.807) is 10.7 Å². The maximum absolute atomic E-state index is 13.1. The second kappa shape index (κ2) is 6.63. The Hall–Kier alpha value is -3.26. The van der Waals surface area contributed by atoms with Crippen LogP contribution in [-0.4, -0.2) is 59.3 Å². The molecule has 4 atom stereocenters. The standard InChI is InChI=1S/C22H22N6O2/c29-20-8-16-10-26(22(30)14-5-6-21-23-12-25-28(21)11-14)9-15(16)7-19(20)27-13-24-17-3-1-2-4-18(17)27/h1-6,11-13,15-16,19-20,29H,7-10H2/t15-,16+,19-,20-/m1/s1. The molecule has 1 amide bonds. The number of aromatic nitrogens is 5. The molecule has 1 aromatic carbocycles. The minimum absolute atomic E-state index is 0.0137. The van der Waals surface area contributed by atoms with Crippen LogP contribution < -0.4 is 0 Å². The van der Waals surface area contributed by atoms with Gasteiger partial charge in [0.1, 0.15) is 6.33 Å². The molecule has 1 aliphatic carbocycles. The van der Waals surface area contributed by atoms with E-state index in [1.165, 1.54) is 6.33 Å². The number of rotatable bonds is 2. The summed E-state index contributed by atoms with van der Waals surface area (Å²) in [6.07, 6.45) is 6.16. The minimum Gasteiger partial charge on any atom is -0.391 e. The number of carbonyl (C=O) groups excluding carboxylic acids is 1. The van der Waals surface area contributed by atoms with Gasteiger partial charge in [-0.3, -0.25) is 4.79 Å². The number of benzene rings is 1. The maximum Gasteiger partial charge on any atom is 0.255 e. The fourth-order valence-corrected chi connectivity index (χ4v) is 5.24. The number of carbonyl (C=O) groups is 1. The molecule has 8 nitrogen and oxygen atoms in total. The third-order valence-corrected chi connectivity index (χ3v) is 6.76. The summed E-state index contributed by atoms with van der Waals surface area (Å²) in [5.41, 5.74) is 3.33. The van der Waals surface area contributed by atoms with Crippen LogP contribution in [0.2, 0.25) is 0 Å². The number of para-hydroxylation sites is 2. The molecule has 6 rings (SSSR count). The molecule has 2 fully saturated rings. The second-order valence-electron chi connectivity index (χ2n) is 8.46. The quantitative estimate of drug-likeness (QED) is 0.555. The number of amides is 1. The number of nitrogens with zero attached hydrogens (tertiary/aromatic N) is 6. The van der Waals surface area contributed by atoms with E-state index < -0.39 is 6.10 Å². The van der Waals surface area contributed by atoms with Crippen molar-refractivity contribution in [2.24, 2.45) is 11.8 Å². The van der Waals surface area contributed by atoms with Crippen LogP contribution >= 0.6 is 0 Å². The van der Waals surface area contributed by atoms with Gasteiger partial charge in [0.25, 0.3) is 5.91 Å². The summed E-state index contributed by atoms with van der Waals surface area (Å²) < 4.78 is 3.74. The molecular weight excluding hydrogens is 380 g/mol. The lowest BCUT2D eigenvalue weighted by Gasteiger charge is -2.36. The van der Waals surface area contributed by atoms with Crippen molar-refractivity contribution >= 4 is 22.6 Å². The van der Waals surface area contributed by atoms with E-state index >= 15 is 0 Å². The average Bonchev–Trinajstić information content (AvgIpc) is 3.49. The van der Waals surface area contributed by atoms with Crippen molar-refractivity contribution in [3.05, 3.63) is 60.8 Å². The number of pyridine rings is 1. The van der Waals surface area contributed by atoms with Crippen molar-refractivity contribution in [1.29, 1.82) is 0 Å². The van der Waals surface area contributed by atoms with Crippen molar-refractivity contribution in [2.75, 3.05) is 13.1 Å². The molecule has 1 N–H and O–H groups in total. The largest absolute Gasteiger partial charge is 0.391 e. The van der Waals surface area contributed by atoms with Gasteiger partial charge < -0.3 is 14.6 Å². The van der Waals surface area contributed by atoms with Gasteiger partial charge in [0.15, 0.2) is 5.65 Å². The normalized spacial score (nSPS) is 26.4. The van der Waals surface area contributed by atoms with Crippen molar-refractivity contribution in [2.45, 2.75) is 25.0 Å². The molecule has 3 aromatic heterocycles. The first-order valence-corrected chi connectivity index (χ1v) is 10.4. The molecule has 1 saturated carbocycles. The Bertz CT molecular complexity index is 1250. The Morgan fingerprint density at radius 1 is 1.03 bits per heavy atom. The van der Waals surface area contributed by atoms with Crippen LogP contribution in [0.3, 0.4) is 0 Å². The van der Waals surface area contributed by atoms with Crippen LogP contribution in [0.5, 0.6) is 0 Å². The number of fused-ring (bicyclic) bond motifs is 3. The smallest absolute Gasteiger partial charge is 0.255 e. The van der Waals surface area contributed by atoms with Crippen LogP contribution in [0.15, 0.2) is 55.2 Å². The molecule has 8 heteroatoms. The predicted octanol–water partition coefficient (Wildman–Crippen LogP) is 2.16. The molecular formula is C22H22N6O2. The first-order chi connectivity index (χ1) is 14.7. The summed E-state index contributed by atoms with van der Waals surface area (Å²) in [6, 6.07) is 11.6. The third kappa shape index (κ3) is 2.71. The first kappa shape index (κ1) is 17.6. The third-order valence-electron chi connectivity index (χ3n) is 6.76. The molecule has 30 heavy (non-hydrogen) atoms. The van der Waals surface area contributed by atoms with E-state index in [2.05, 4.69) is 19.6 Å². The lowest BCUT2D eigenvalue weighted by molar-refractivity contribution is 0.0374. The van der Waals surface area contributed by atoms with Gasteiger partial charge in [0.2, 0.25) is 0 Å². The topological polar surface area (TPSA) is 88.6 Å². The molecule has 0 unspecified atom stereocenters. The zero-order valence-electron chi connectivity index (χ0n) is 16.4. The molecule has 4 heterocycles. The van der Waals surface area contributed by atoms with Crippen LogP contribution in [0.4, 0.5) is 0 Å². The van der Waals surface area contributed by atoms with Crippen molar-refractivity contribution in [1.82, 2.24) is 29.0 Å². The number of likely N-dealkylation sites (tertiary alicyclic amines) is 1. The Labute approximate surface area is 172 Å². The summed E-state index contributed by atoms with van der Waals surface area (Å²) in [7, 11) is 0. The van der Waals surface area contributed by atoms with E-state index in [9.17, 15) is 9.90 Å². The summed E-state index contributed by atoms with van der Waals surface area (Å²) in [5, 5.41) is 15.0. The van der Waals surface area contributed by atoms with Gasteiger partial charge in [-0.05, 0) is 48.9 Å². The zero-order chi connectivity index (χ0) is 20.2. The van der Waals surface area contributed by atoms with Crippen molar-refractivity contribution < 1.29 is 9.90 Å². The minimum atomic E-state index is -0.439. The molecule has 1 saturated heterocycles. The highest BCUT2D eigenvalue weighted by molar-refractivity contribution is 5.94. The maximum atomic E-state index is 13.1. The van der Waals surface area contributed by atoms with Gasteiger partial charge in [0, 0.05) is 19.3 Å². The van der Waals surface area contributed by atoms with Crippen LogP contribution in [0, 0.1) is 11.8 Å². The van der Waals surface area contributed by atoms with E-state index in [1.807, 2.05) is 47.6 Å². The monoisotopic (exact) mass is 402 g/mol. The Morgan fingerprint density at radius 3 is 2.77 bits per heavy atom. The summed E-state index contributed by atoms with van der Waals surface area (Å²) in [4.78, 5) is 23.7. The lowest BCUT2D eigenvalue weighted by Crippen LogP contribution is -2.36. The number of hydrogen-bond donors (Lipinski definition) is 1. The fraction of sp³-hybridized carbons (Fsp3) is 0.364. The highest BCUT2D eigenvalue weighted by Gasteiger charge is 2.44. The van der Waals surface area contributed by atoms with Gasteiger partial charge in [-0.15, -0.1) is 0 Å². The Morgan fingerprint density at radius 2 is 1.87 bits per heavy atom. The van der Waals surface area contributed by atoms with Gasteiger partial charge in [0.05, 0.1) is 35.1 Å². The van der Waals surface area contributed by atoms with Gasteiger partial charge in [-0.2, -0.15) is 5.10 Å². The van der Waals surface area contributed by atoms with E-state index in [4.69, 9.17) is 0 Å². The number of aliphatic hydroxyl groups excluding tert-OH is 1. The molecule has 0 bridgehead atoms. The molecule has 0 spiro atoms. The predicted molar refractivity (Wildman–Crippen MR) is 110 cm³/mol. The van der Waals surface area contributed by atoms with Gasteiger partial charge in [-0.25, -0.2) is 14.5 Å². The highest BCUT2D eigenvalue weighted by atomic mass is 16.3. The van der Waals surface area contributed by atoms with E-state index in [-0.39, 0.29) is 11.9 Å². The fourth-order valence-electron chi connectivity index (χ4n) is 5.24. The van der Waals surface area contributed by atoms with Crippen molar-refractivity contribution in [3.8, 4) is 0 Å². The van der Waals surface area contributed by atoms with Crippen LogP contribution in [0.25, 0.3) is 16.7 Å². The van der Waals surface area contributed by atoms with Crippen molar-refractivity contribution in [3.63, 3.8) is 0 Å². The van der Waals surface area contributed by atoms with Crippen LogP contribution in [0.1, 0.15) is 29.2 Å².